The molecule has 6 heteroatoms. The van der Waals surface area contributed by atoms with Gasteiger partial charge in [-0.1, -0.05) is 6.92 Å². The van der Waals surface area contributed by atoms with E-state index < -0.39 is 4.92 Å². The second-order valence-electron chi connectivity index (χ2n) is 4.29. The molecule has 1 aromatic carbocycles. The standard InChI is InChI=1S/C13H16N4O2/c1-3-13-10(9-16(2)15-13)8-14-11-4-6-12(7-5-11)17(18)19/h4-7,9,14H,3,8H2,1-2H3. The summed E-state index contributed by atoms with van der Waals surface area (Å²) in [6, 6.07) is 6.40. The van der Waals surface area contributed by atoms with Gasteiger partial charge in [0.2, 0.25) is 0 Å². The third kappa shape index (κ3) is 3.09. The Kier molecular flexibility index (Phi) is 3.79. The minimum Gasteiger partial charge on any atom is -0.381 e. The first-order valence-corrected chi connectivity index (χ1v) is 6.10. The molecule has 2 rings (SSSR count). The second-order valence-corrected chi connectivity index (χ2v) is 4.29. The number of nitro benzene ring substituents is 1. The van der Waals surface area contributed by atoms with Crippen LogP contribution >= 0.6 is 0 Å². The van der Waals surface area contributed by atoms with Crippen LogP contribution in [0.5, 0.6) is 0 Å². The van der Waals surface area contributed by atoms with E-state index >= 15 is 0 Å². The number of nitro groups is 1. The highest BCUT2D eigenvalue weighted by Gasteiger charge is 2.07. The van der Waals surface area contributed by atoms with E-state index in [0.717, 1.165) is 23.4 Å². The monoisotopic (exact) mass is 260 g/mol. The van der Waals surface area contributed by atoms with Gasteiger partial charge in [-0.25, -0.2) is 0 Å². The van der Waals surface area contributed by atoms with Gasteiger partial charge in [-0.3, -0.25) is 14.8 Å². The third-order valence-electron chi connectivity index (χ3n) is 2.89. The molecule has 1 heterocycles. The van der Waals surface area contributed by atoms with E-state index in [1.807, 2.05) is 13.2 Å². The summed E-state index contributed by atoms with van der Waals surface area (Å²) in [4.78, 5) is 10.1. The Bertz CT molecular complexity index is 575. The molecular formula is C13H16N4O2. The zero-order valence-corrected chi connectivity index (χ0v) is 11.0. The summed E-state index contributed by atoms with van der Waals surface area (Å²) in [7, 11) is 1.90. The lowest BCUT2D eigenvalue weighted by atomic mass is 10.2. The normalized spacial score (nSPS) is 10.4. The van der Waals surface area contributed by atoms with Crippen LogP contribution in [0.1, 0.15) is 18.2 Å². The highest BCUT2D eigenvalue weighted by Crippen LogP contribution is 2.17. The molecule has 0 saturated carbocycles. The van der Waals surface area contributed by atoms with Crippen LogP contribution in [0.15, 0.2) is 30.5 Å². The molecule has 0 unspecified atom stereocenters. The minimum atomic E-state index is -0.403. The van der Waals surface area contributed by atoms with Crippen molar-refractivity contribution in [2.75, 3.05) is 5.32 Å². The van der Waals surface area contributed by atoms with E-state index in [0.29, 0.717) is 6.54 Å². The zero-order chi connectivity index (χ0) is 13.8. The fraction of sp³-hybridized carbons (Fsp3) is 0.308. The Balaban J connectivity index is 2.03. The lowest BCUT2D eigenvalue weighted by Gasteiger charge is -2.05. The maximum absolute atomic E-state index is 10.6. The van der Waals surface area contributed by atoms with Crippen molar-refractivity contribution in [3.8, 4) is 0 Å². The quantitative estimate of drug-likeness (QED) is 0.662. The van der Waals surface area contributed by atoms with E-state index in [9.17, 15) is 10.1 Å². The number of aromatic nitrogens is 2. The van der Waals surface area contributed by atoms with Crippen LogP contribution in [0.4, 0.5) is 11.4 Å². The molecule has 0 spiro atoms. The number of hydrogen-bond donors (Lipinski definition) is 1. The summed E-state index contributed by atoms with van der Waals surface area (Å²) < 4.78 is 1.80. The van der Waals surface area contributed by atoms with Gasteiger partial charge in [0.05, 0.1) is 10.6 Å². The van der Waals surface area contributed by atoms with Crippen LogP contribution in [-0.4, -0.2) is 14.7 Å². The molecule has 0 aliphatic heterocycles. The predicted molar refractivity (Wildman–Crippen MR) is 73.0 cm³/mol. The first kappa shape index (κ1) is 13.1. The summed E-state index contributed by atoms with van der Waals surface area (Å²) in [6.07, 6.45) is 2.87. The topological polar surface area (TPSA) is 73.0 Å². The van der Waals surface area contributed by atoms with Gasteiger partial charge >= 0.3 is 0 Å². The van der Waals surface area contributed by atoms with Crippen molar-refractivity contribution in [1.82, 2.24) is 9.78 Å². The molecule has 2 aromatic rings. The molecule has 0 bridgehead atoms. The highest BCUT2D eigenvalue weighted by molar-refractivity contribution is 5.48. The molecule has 6 nitrogen and oxygen atoms in total. The maximum Gasteiger partial charge on any atom is 0.269 e. The van der Waals surface area contributed by atoms with Crippen LogP contribution in [0.25, 0.3) is 0 Å². The molecule has 0 atom stereocenters. The Morgan fingerprint density at radius 1 is 1.37 bits per heavy atom. The first-order valence-electron chi connectivity index (χ1n) is 6.10. The van der Waals surface area contributed by atoms with E-state index in [4.69, 9.17) is 0 Å². The van der Waals surface area contributed by atoms with Crippen LogP contribution in [0, 0.1) is 10.1 Å². The van der Waals surface area contributed by atoms with E-state index in [1.165, 1.54) is 12.1 Å². The van der Waals surface area contributed by atoms with Crippen LogP contribution in [-0.2, 0) is 20.0 Å². The number of hydrogen-bond acceptors (Lipinski definition) is 4. The minimum absolute atomic E-state index is 0.0983. The lowest BCUT2D eigenvalue weighted by molar-refractivity contribution is -0.384. The number of aryl methyl sites for hydroxylation is 2. The van der Waals surface area contributed by atoms with E-state index in [-0.39, 0.29) is 5.69 Å². The molecule has 0 amide bonds. The predicted octanol–water partition coefficient (Wildman–Crippen LogP) is 2.50. The smallest absolute Gasteiger partial charge is 0.269 e. The second kappa shape index (κ2) is 5.51. The van der Waals surface area contributed by atoms with Crippen molar-refractivity contribution < 1.29 is 4.92 Å². The van der Waals surface area contributed by atoms with Crippen molar-refractivity contribution in [3.63, 3.8) is 0 Å². The van der Waals surface area contributed by atoms with Gasteiger partial charge in [-0.15, -0.1) is 0 Å². The summed E-state index contributed by atoms with van der Waals surface area (Å²) in [5.74, 6) is 0. The highest BCUT2D eigenvalue weighted by atomic mass is 16.6. The Labute approximate surface area is 111 Å². The number of nitrogens with zero attached hydrogens (tertiary/aromatic N) is 3. The fourth-order valence-electron chi connectivity index (χ4n) is 1.93. The Hall–Kier alpha value is -2.37. The molecule has 0 saturated heterocycles. The average molecular weight is 260 g/mol. The first-order chi connectivity index (χ1) is 9.10. The molecule has 0 radical (unpaired) electrons. The summed E-state index contributed by atoms with van der Waals surface area (Å²) >= 11 is 0. The van der Waals surface area contributed by atoms with Crippen LogP contribution < -0.4 is 5.32 Å². The number of benzene rings is 1. The molecule has 100 valence electrons. The number of anilines is 1. The molecule has 0 fully saturated rings. The van der Waals surface area contributed by atoms with Crippen molar-refractivity contribution in [3.05, 3.63) is 51.8 Å². The molecular weight excluding hydrogens is 244 g/mol. The van der Waals surface area contributed by atoms with Crippen molar-refractivity contribution in [2.24, 2.45) is 7.05 Å². The number of rotatable bonds is 5. The summed E-state index contributed by atoms with van der Waals surface area (Å²) in [5.41, 5.74) is 3.16. The van der Waals surface area contributed by atoms with Gasteiger partial charge in [0.15, 0.2) is 0 Å². The number of non-ortho nitro benzene ring substituents is 1. The largest absolute Gasteiger partial charge is 0.381 e. The van der Waals surface area contributed by atoms with Crippen LogP contribution in [0.3, 0.4) is 0 Å². The Morgan fingerprint density at radius 3 is 2.63 bits per heavy atom. The Morgan fingerprint density at radius 2 is 2.05 bits per heavy atom. The van der Waals surface area contributed by atoms with Gasteiger partial charge in [0.25, 0.3) is 5.69 Å². The number of nitrogens with one attached hydrogen (secondary N) is 1. The van der Waals surface area contributed by atoms with E-state index in [2.05, 4.69) is 17.3 Å². The molecule has 0 aliphatic carbocycles. The van der Waals surface area contributed by atoms with Crippen molar-refractivity contribution in [1.29, 1.82) is 0 Å². The summed E-state index contributed by atoms with van der Waals surface area (Å²) in [6.45, 7) is 2.73. The third-order valence-corrected chi connectivity index (χ3v) is 2.89. The maximum atomic E-state index is 10.6. The van der Waals surface area contributed by atoms with Crippen LogP contribution in [0.2, 0.25) is 0 Å². The SMILES string of the molecule is CCc1nn(C)cc1CNc1ccc([N+](=O)[O-])cc1. The zero-order valence-electron chi connectivity index (χ0n) is 11.0. The fourth-order valence-corrected chi connectivity index (χ4v) is 1.93. The van der Waals surface area contributed by atoms with Gasteiger partial charge in [-0.2, -0.15) is 5.10 Å². The van der Waals surface area contributed by atoms with Crippen molar-refractivity contribution >= 4 is 11.4 Å². The molecule has 19 heavy (non-hydrogen) atoms. The van der Waals surface area contributed by atoms with Gasteiger partial charge in [0, 0.05) is 43.2 Å². The molecule has 0 aliphatic rings. The van der Waals surface area contributed by atoms with E-state index in [1.54, 1.807) is 16.8 Å². The molecule has 1 aromatic heterocycles. The summed E-state index contributed by atoms with van der Waals surface area (Å²) in [5, 5.41) is 18.2. The van der Waals surface area contributed by atoms with Gasteiger partial charge in [0.1, 0.15) is 0 Å². The van der Waals surface area contributed by atoms with Gasteiger partial charge in [-0.05, 0) is 18.6 Å². The van der Waals surface area contributed by atoms with Crippen molar-refractivity contribution in [2.45, 2.75) is 19.9 Å². The molecule has 1 N–H and O–H groups in total. The lowest BCUT2D eigenvalue weighted by Crippen LogP contribution is -2.01. The average Bonchev–Trinajstić information content (AvgIpc) is 2.77. The van der Waals surface area contributed by atoms with Gasteiger partial charge < -0.3 is 5.32 Å².